The van der Waals surface area contributed by atoms with Crippen LogP contribution >= 0.6 is 0 Å². The minimum absolute atomic E-state index is 0.130. The molecule has 0 heterocycles. The second kappa shape index (κ2) is 8.27. The molecule has 1 aliphatic rings. The van der Waals surface area contributed by atoms with E-state index in [1.807, 2.05) is 30.3 Å². The zero-order chi connectivity index (χ0) is 18.4. The number of hydrogen-bond acceptors (Lipinski definition) is 4. The molecule has 2 rings (SSSR count). The van der Waals surface area contributed by atoms with Gasteiger partial charge in [-0.25, -0.2) is 0 Å². The summed E-state index contributed by atoms with van der Waals surface area (Å²) in [6.45, 7) is 0.752. The van der Waals surface area contributed by atoms with E-state index in [1.54, 1.807) is 0 Å². The quantitative estimate of drug-likeness (QED) is 0.510. The number of nitrogens with one attached hydrogen (secondary N) is 3. The third-order valence-electron chi connectivity index (χ3n) is 3.97. The summed E-state index contributed by atoms with van der Waals surface area (Å²) in [5.74, 6) is -2.41. The predicted molar refractivity (Wildman–Crippen MR) is 88.5 cm³/mol. The van der Waals surface area contributed by atoms with Gasteiger partial charge in [0.15, 0.2) is 0 Å². The number of aliphatic carboxylic acids is 1. The van der Waals surface area contributed by atoms with E-state index in [0.29, 0.717) is 0 Å². The van der Waals surface area contributed by atoms with Crippen molar-refractivity contribution in [2.45, 2.75) is 25.3 Å². The Hall–Kier alpha value is -2.90. The maximum Gasteiger partial charge on any atom is 0.325 e. The first kappa shape index (κ1) is 18.4. The highest BCUT2D eigenvalue weighted by atomic mass is 16.4. The third-order valence-corrected chi connectivity index (χ3v) is 3.97. The molecule has 134 valence electrons. The van der Waals surface area contributed by atoms with E-state index in [-0.39, 0.29) is 30.8 Å². The lowest BCUT2D eigenvalue weighted by atomic mass is 10.1. The van der Waals surface area contributed by atoms with E-state index in [2.05, 4.69) is 16.0 Å². The summed E-state index contributed by atoms with van der Waals surface area (Å²) in [5, 5.41) is 15.8. The van der Waals surface area contributed by atoms with Crippen molar-refractivity contribution in [2.75, 3.05) is 13.1 Å². The molecule has 1 aliphatic carbocycles. The molecule has 8 heteroatoms. The summed E-state index contributed by atoms with van der Waals surface area (Å²) in [6.07, 6.45) is 0.757. The van der Waals surface area contributed by atoms with Gasteiger partial charge in [0.1, 0.15) is 6.04 Å². The van der Waals surface area contributed by atoms with Crippen LogP contribution in [0.3, 0.4) is 0 Å². The average Bonchev–Trinajstić information content (AvgIpc) is 3.39. The van der Waals surface area contributed by atoms with Crippen LogP contribution in [0.1, 0.15) is 24.8 Å². The highest BCUT2D eigenvalue weighted by Crippen LogP contribution is 2.47. The van der Waals surface area contributed by atoms with Gasteiger partial charge in [-0.05, 0) is 24.8 Å². The van der Waals surface area contributed by atoms with Crippen LogP contribution in [0.2, 0.25) is 0 Å². The molecule has 0 radical (unpaired) electrons. The first-order valence-electron chi connectivity index (χ1n) is 8.00. The topological polar surface area (TPSA) is 125 Å². The van der Waals surface area contributed by atoms with E-state index in [4.69, 9.17) is 5.11 Å². The van der Waals surface area contributed by atoms with Crippen molar-refractivity contribution in [1.82, 2.24) is 16.0 Å². The Labute approximate surface area is 145 Å². The van der Waals surface area contributed by atoms with Gasteiger partial charge in [0.25, 0.3) is 0 Å². The van der Waals surface area contributed by atoms with Gasteiger partial charge in [0.05, 0.1) is 13.1 Å². The van der Waals surface area contributed by atoms with Crippen LogP contribution in [-0.4, -0.2) is 47.9 Å². The van der Waals surface area contributed by atoms with E-state index >= 15 is 0 Å². The van der Waals surface area contributed by atoms with E-state index in [1.165, 1.54) is 6.92 Å². The maximum atomic E-state index is 12.0. The van der Waals surface area contributed by atoms with Crippen LogP contribution in [0.15, 0.2) is 30.3 Å². The van der Waals surface area contributed by atoms with Crippen molar-refractivity contribution in [3.8, 4) is 0 Å². The van der Waals surface area contributed by atoms with Gasteiger partial charge in [-0.15, -0.1) is 0 Å². The van der Waals surface area contributed by atoms with Gasteiger partial charge in [0.2, 0.25) is 17.7 Å². The summed E-state index contributed by atoms with van der Waals surface area (Å²) in [7, 11) is 0. The number of carboxylic acid groups (broad SMARTS) is 1. The molecular weight excluding hydrogens is 326 g/mol. The van der Waals surface area contributed by atoms with Gasteiger partial charge in [-0.2, -0.15) is 0 Å². The van der Waals surface area contributed by atoms with Crippen LogP contribution in [0, 0.1) is 5.92 Å². The standard InChI is InChI=1S/C17H21N3O5/c1-10(17(24)25)20-15(22)9-18-14(21)8-19-16(23)13-7-12(13)11-5-3-2-4-6-11/h2-6,10,12-13H,7-9H2,1H3,(H,18,21)(H,19,23)(H,20,22)(H,24,25). The summed E-state index contributed by atoms with van der Waals surface area (Å²) in [4.78, 5) is 45.7. The molecule has 25 heavy (non-hydrogen) atoms. The zero-order valence-electron chi connectivity index (χ0n) is 13.8. The molecule has 4 N–H and O–H groups in total. The number of hydrogen-bond donors (Lipinski definition) is 4. The lowest BCUT2D eigenvalue weighted by Gasteiger charge is -2.10. The average molecular weight is 347 g/mol. The number of amides is 3. The van der Waals surface area contributed by atoms with Crippen LogP contribution in [0.5, 0.6) is 0 Å². The normalized spacial score (nSPS) is 19.4. The molecule has 1 aromatic carbocycles. The van der Waals surface area contributed by atoms with Crippen LogP contribution in [-0.2, 0) is 19.2 Å². The second-order valence-corrected chi connectivity index (χ2v) is 5.98. The van der Waals surface area contributed by atoms with Crippen molar-refractivity contribution in [3.63, 3.8) is 0 Å². The summed E-state index contributed by atoms with van der Waals surface area (Å²) in [6, 6.07) is 8.67. The van der Waals surface area contributed by atoms with Gasteiger partial charge in [-0.1, -0.05) is 30.3 Å². The summed E-state index contributed by atoms with van der Waals surface area (Å²) < 4.78 is 0. The molecule has 1 aromatic rings. The fourth-order valence-corrected chi connectivity index (χ4v) is 2.45. The smallest absolute Gasteiger partial charge is 0.325 e. The minimum atomic E-state index is -1.16. The number of carboxylic acids is 1. The number of carbonyl (C=O) groups excluding carboxylic acids is 3. The molecule has 0 spiro atoms. The minimum Gasteiger partial charge on any atom is -0.480 e. The van der Waals surface area contributed by atoms with Gasteiger partial charge < -0.3 is 21.1 Å². The Morgan fingerprint density at radius 3 is 2.36 bits per heavy atom. The summed E-state index contributed by atoms with van der Waals surface area (Å²) in [5.41, 5.74) is 1.11. The molecule has 8 nitrogen and oxygen atoms in total. The Morgan fingerprint density at radius 1 is 1.08 bits per heavy atom. The Kier molecular flexibility index (Phi) is 6.10. The molecule has 3 amide bonds. The van der Waals surface area contributed by atoms with Crippen molar-refractivity contribution in [3.05, 3.63) is 35.9 Å². The fourth-order valence-electron chi connectivity index (χ4n) is 2.45. The van der Waals surface area contributed by atoms with Crippen LogP contribution < -0.4 is 16.0 Å². The molecular formula is C17H21N3O5. The molecule has 1 fully saturated rings. The van der Waals surface area contributed by atoms with Crippen LogP contribution in [0.4, 0.5) is 0 Å². The number of benzene rings is 1. The Balaban J connectivity index is 1.65. The monoisotopic (exact) mass is 347 g/mol. The molecule has 3 unspecified atom stereocenters. The predicted octanol–water partition coefficient (Wildman–Crippen LogP) is -0.388. The third kappa shape index (κ3) is 5.59. The number of carbonyl (C=O) groups is 4. The zero-order valence-corrected chi connectivity index (χ0v) is 13.8. The lowest BCUT2D eigenvalue weighted by Crippen LogP contribution is -2.46. The van der Waals surface area contributed by atoms with E-state index in [0.717, 1.165) is 12.0 Å². The molecule has 3 atom stereocenters. The van der Waals surface area contributed by atoms with Crippen molar-refractivity contribution >= 4 is 23.7 Å². The molecule has 0 aromatic heterocycles. The highest BCUT2D eigenvalue weighted by Gasteiger charge is 2.43. The SMILES string of the molecule is CC(NC(=O)CNC(=O)CNC(=O)C1CC1c1ccccc1)C(=O)O. The van der Waals surface area contributed by atoms with Crippen LogP contribution in [0.25, 0.3) is 0 Å². The van der Waals surface area contributed by atoms with Gasteiger partial charge in [0, 0.05) is 5.92 Å². The fraction of sp³-hybridized carbons (Fsp3) is 0.412. The molecule has 0 saturated heterocycles. The van der Waals surface area contributed by atoms with E-state index in [9.17, 15) is 19.2 Å². The van der Waals surface area contributed by atoms with Crippen molar-refractivity contribution in [1.29, 1.82) is 0 Å². The number of rotatable bonds is 8. The van der Waals surface area contributed by atoms with Crippen molar-refractivity contribution < 1.29 is 24.3 Å². The van der Waals surface area contributed by atoms with E-state index < -0.39 is 23.8 Å². The highest BCUT2D eigenvalue weighted by molar-refractivity contribution is 5.90. The van der Waals surface area contributed by atoms with Gasteiger partial charge in [-0.3, -0.25) is 19.2 Å². The first-order chi connectivity index (χ1) is 11.9. The summed E-state index contributed by atoms with van der Waals surface area (Å²) >= 11 is 0. The molecule has 0 aliphatic heterocycles. The largest absolute Gasteiger partial charge is 0.480 e. The molecule has 1 saturated carbocycles. The van der Waals surface area contributed by atoms with Crippen molar-refractivity contribution in [2.24, 2.45) is 5.92 Å². The Bertz CT molecular complexity index is 662. The maximum absolute atomic E-state index is 12.0. The second-order valence-electron chi connectivity index (χ2n) is 5.98. The lowest BCUT2D eigenvalue weighted by molar-refractivity contribution is -0.141. The molecule has 0 bridgehead atoms. The van der Waals surface area contributed by atoms with Gasteiger partial charge >= 0.3 is 5.97 Å². The first-order valence-corrected chi connectivity index (χ1v) is 8.00. The Morgan fingerprint density at radius 2 is 1.72 bits per heavy atom.